The third-order valence-corrected chi connectivity index (χ3v) is 4.85. The summed E-state index contributed by atoms with van der Waals surface area (Å²) in [6.45, 7) is 1.76. The average molecular weight is 392 g/mol. The summed E-state index contributed by atoms with van der Waals surface area (Å²) < 4.78 is 10.9. The van der Waals surface area contributed by atoms with E-state index in [9.17, 15) is 14.4 Å². The smallest absolute Gasteiger partial charge is 0.355 e. The SMILES string of the molecule is O=C(O[C@H](C(=O)N1CCOCC1)c1ccccc1)c1cc2ccccc2c(=O)[nH]1. The molecule has 0 spiro atoms. The minimum atomic E-state index is -1.10. The van der Waals surface area contributed by atoms with Crippen molar-refractivity contribution in [2.24, 2.45) is 0 Å². The van der Waals surface area contributed by atoms with E-state index in [4.69, 9.17) is 9.47 Å². The van der Waals surface area contributed by atoms with Gasteiger partial charge in [-0.15, -0.1) is 0 Å². The molecule has 0 bridgehead atoms. The van der Waals surface area contributed by atoms with Gasteiger partial charge in [0.1, 0.15) is 5.69 Å². The number of H-pyrrole nitrogens is 1. The first-order valence-electron chi connectivity index (χ1n) is 9.38. The molecule has 1 aromatic heterocycles. The number of hydrogen-bond acceptors (Lipinski definition) is 5. The molecule has 1 aliphatic heterocycles. The second-order valence-electron chi connectivity index (χ2n) is 6.73. The van der Waals surface area contributed by atoms with Gasteiger partial charge in [-0.05, 0) is 17.5 Å². The fourth-order valence-electron chi connectivity index (χ4n) is 3.33. The Labute approximate surface area is 166 Å². The number of carbonyl (C=O) groups is 2. The topological polar surface area (TPSA) is 88.7 Å². The summed E-state index contributed by atoms with van der Waals surface area (Å²) >= 11 is 0. The molecule has 1 fully saturated rings. The van der Waals surface area contributed by atoms with Crippen LogP contribution in [0.1, 0.15) is 22.2 Å². The van der Waals surface area contributed by atoms with Gasteiger partial charge < -0.3 is 19.4 Å². The largest absolute Gasteiger partial charge is 0.443 e. The maximum atomic E-state index is 13.1. The second kappa shape index (κ2) is 8.28. The normalized spacial score (nSPS) is 15.1. The maximum Gasteiger partial charge on any atom is 0.355 e. The van der Waals surface area contributed by atoms with E-state index in [1.807, 2.05) is 6.07 Å². The quantitative estimate of drug-likeness (QED) is 0.688. The lowest BCUT2D eigenvalue weighted by Crippen LogP contribution is -2.44. The number of ether oxygens (including phenoxy) is 2. The van der Waals surface area contributed by atoms with Crippen LogP contribution in [0.25, 0.3) is 10.8 Å². The number of carbonyl (C=O) groups excluding carboxylic acids is 2. The highest BCUT2D eigenvalue weighted by atomic mass is 16.5. The highest BCUT2D eigenvalue weighted by molar-refractivity contribution is 5.95. The molecule has 1 N–H and O–H groups in total. The van der Waals surface area contributed by atoms with Crippen LogP contribution in [-0.2, 0) is 14.3 Å². The van der Waals surface area contributed by atoms with E-state index in [0.29, 0.717) is 42.6 Å². The Morgan fingerprint density at radius 3 is 2.45 bits per heavy atom. The summed E-state index contributed by atoms with van der Waals surface area (Å²) in [5.74, 6) is -1.07. The van der Waals surface area contributed by atoms with E-state index >= 15 is 0 Å². The molecule has 1 amide bonds. The molecular formula is C22H20N2O5. The molecule has 2 heterocycles. The van der Waals surface area contributed by atoms with Crippen LogP contribution in [0.2, 0.25) is 0 Å². The van der Waals surface area contributed by atoms with Crippen LogP contribution in [-0.4, -0.2) is 48.1 Å². The second-order valence-corrected chi connectivity index (χ2v) is 6.73. The minimum absolute atomic E-state index is 0.00408. The first-order valence-corrected chi connectivity index (χ1v) is 9.38. The summed E-state index contributed by atoms with van der Waals surface area (Å²) in [7, 11) is 0. The van der Waals surface area contributed by atoms with Crippen LogP contribution in [0.4, 0.5) is 0 Å². The molecule has 7 nitrogen and oxygen atoms in total. The zero-order valence-electron chi connectivity index (χ0n) is 15.7. The Kier molecular flexibility index (Phi) is 5.39. The number of pyridine rings is 1. The number of fused-ring (bicyclic) bond motifs is 1. The van der Waals surface area contributed by atoms with E-state index in [1.54, 1.807) is 59.5 Å². The number of aromatic amines is 1. The first kappa shape index (κ1) is 18.9. The highest BCUT2D eigenvalue weighted by Crippen LogP contribution is 2.23. The fraction of sp³-hybridized carbons (Fsp3) is 0.227. The first-order chi connectivity index (χ1) is 14.1. The standard InChI is InChI=1S/C22H20N2O5/c25-20-17-9-5-4-8-16(17)14-18(23-20)22(27)29-19(15-6-2-1-3-7-15)21(26)24-10-12-28-13-11-24/h1-9,14,19H,10-13H2,(H,23,25)/t19-/m0/s1. The molecular weight excluding hydrogens is 372 g/mol. The zero-order chi connectivity index (χ0) is 20.2. The van der Waals surface area contributed by atoms with Gasteiger partial charge in [0.15, 0.2) is 0 Å². The lowest BCUT2D eigenvalue weighted by molar-refractivity contribution is -0.145. The monoisotopic (exact) mass is 392 g/mol. The summed E-state index contributed by atoms with van der Waals surface area (Å²) in [6.07, 6.45) is -1.10. The maximum absolute atomic E-state index is 13.1. The number of rotatable bonds is 4. The van der Waals surface area contributed by atoms with Gasteiger partial charge in [0, 0.05) is 24.0 Å². The molecule has 0 radical (unpaired) electrons. The third kappa shape index (κ3) is 4.05. The Morgan fingerprint density at radius 1 is 1.00 bits per heavy atom. The van der Waals surface area contributed by atoms with Crippen molar-refractivity contribution in [3.05, 3.63) is 82.3 Å². The summed E-state index contributed by atoms with van der Waals surface area (Å²) in [5, 5.41) is 1.10. The molecule has 1 saturated heterocycles. The molecule has 1 aliphatic rings. The van der Waals surface area contributed by atoms with Crippen molar-refractivity contribution in [1.29, 1.82) is 0 Å². The van der Waals surface area contributed by atoms with Crippen LogP contribution < -0.4 is 5.56 Å². The van der Waals surface area contributed by atoms with Gasteiger partial charge >= 0.3 is 5.97 Å². The van der Waals surface area contributed by atoms with Crippen molar-refractivity contribution in [1.82, 2.24) is 9.88 Å². The van der Waals surface area contributed by atoms with E-state index in [1.165, 1.54) is 0 Å². The van der Waals surface area contributed by atoms with E-state index in [2.05, 4.69) is 4.98 Å². The zero-order valence-corrected chi connectivity index (χ0v) is 15.7. The number of nitrogens with zero attached hydrogens (tertiary/aromatic N) is 1. The number of amides is 1. The lowest BCUT2D eigenvalue weighted by Gasteiger charge is -2.30. The van der Waals surface area contributed by atoms with Gasteiger partial charge in [-0.25, -0.2) is 4.79 Å². The van der Waals surface area contributed by atoms with Crippen molar-refractivity contribution in [2.45, 2.75) is 6.10 Å². The highest BCUT2D eigenvalue weighted by Gasteiger charge is 2.31. The number of aromatic nitrogens is 1. The molecule has 29 heavy (non-hydrogen) atoms. The summed E-state index contributed by atoms with van der Waals surface area (Å²) in [6, 6.07) is 17.4. The van der Waals surface area contributed by atoms with Gasteiger partial charge in [0.25, 0.3) is 11.5 Å². The Hall–Kier alpha value is -3.45. The predicted molar refractivity (Wildman–Crippen MR) is 107 cm³/mol. The van der Waals surface area contributed by atoms with E-state index < -0.39 is 12.1 Å². The summed E-state index contributed by atoms with van der Waals surface area (Å²) in [5.41, 5.74) is 0.190. The fourth-order valence-corrected chi connectivity index (χ4v) is 3.33. The molecule has 2 aromatic carbocycles. The number of esters is 1. The Bertz CT molecular complexity index is 1090. The predicted octanol–water partition coefficient (Wildman–Crippen LogP) is 2.28. The summed E-state index contributed by atoms with van der Waals surface area (Å²) in [4.78, 5) is 42.4. The van der Waals surface area contributed by atoms with Crippen molar-refractivity contribution >= 4 is 22.6 Å². The lowest BCUT2D eigenvalue weighted by atomic mass is 10.1. The van der Waals surface area contributed by atoms with Gasteiger partial charge in [0.2, 0.25) is 6.10 Å². The Balaban J connectivity index is 1.64. The van der Waals surface area contributed by atoms with Crippen molar-refractivity contribution in [3.63, 3.8) is 0 Å². The third-order valence-electron chi connectivity index (χ3n) is 4.85. The number of benzene rings is 2. The molecule has 7 heteroatoms. The van der Waals surface area contributed by atoms with Crippen LogP contribution in [0.5, 0.6) is 0 Å². The van der Waals surface area contributed by atoms with Crippen LogP contribution in [0.3, 0.4) is 0 Å². The van der Waals surface area contributed by atoms with Crippen LogP contribution in [0, 0.1) is 0 Å². The number of nitrogens with one attached hydrogen (secondary N) is 1. The van der Waals surface area contributed by atoms with Crippen LogP contribution in [0.15, 0.2) is 65.5 Å². The van der Waals surface area contributed by atoms with Gasteiger partial charge in [-0.3, -0.25) is 9.59 Å². The van der Waals surface area contributed by atoms with Crippen molar-refractivity contribution in [3.8, 4) is 0 Å². The Morgan fingerprint density at radius 2 is 1.69 bits per heavy atom. The average Bonchev–Trinajstić information content (AvgIpc) is 2.78. The molecule has 4 rings (SSSR count). The number of morpholine rings is 1. The van der Waals surface area contributed by atoms with E-state index in [-0.39, 0.29) is 17.2 Å². The molecule has 0 unspecified atom stereocenters. The van der Waals surface area contributed by atoms with Gasteiger partial charge in [-0.2, -0.15) is 0 Å². The van der Waals surface area contributed by atoms with E-state index in [0.717, 1.165) is 0 Å². The molecule has 1 atom stereocenters. The van der Waals surface area contributed by atoms with Crippen LogP contribution >= 0.6 is 0 Å². The van der Waals surface area contributed by atoms with Crippen molar-refractivity contribution in [2.75, 3.05) is 26.3 Å². The minimum Gasteiger partial charge on any atom is -0.443 e. The molecule has 148 valence electrons. The molecule has 3 aromatic rings. The number of hydrogen-bond donors (Lipinski definition) is 1. The van der Waals surface area contributed by atoms with Crippen molar-refractivity contribution < 1.29 is 19.1 Å². The molecule has 0 aliphatic carbocycles. The van der Waals surface area contributed by atoms with Gasteiger partial charge in [-0.1, -0.05) is 48.5 Å². The van der Waals surface area contributed by atoms with Gasteiger partial charge in [0.05, 0.1) is 13.2 Å². The molecule has 0 saturated carbocycles.